The number of aliphatic hydroxyl groups excluding tert-OH is 2. The lowest BCUT2D eigenvalue weighted by atomic mass is 10.1. The van der Waals surface area contributed by atoms with Gasteiger partial charge in [-0.15, -0.1) is 0 Å². The fourth-order valence-corrected chi connectivity index (χ4v) is 6.24. The van der Waals surface area contributed by atoms with Gasteiger partial charge in [0.25, 0.3) is 0 Å². The van der Waals surface area contributed by atoms with E-state index in [9.17, 15) is 33.7 Å². The topological polar surface area (TPSA) is 291 Å². The highest BCUT2D eigenvalue weighted by atomic mass is 31.3. The first-order valence-electron chi connectivity index (χ1n) is 10.1. The Kier molecular flexibility index (Phi) is 9.36. The lowest BCUT2D eigenvalue weighted by Gasteiger charge is -2.19. The SMILES string of the molecule is NCCCCNc1ncnc2c1ncn2[C@@H]1O[C@H](COP(=O)(O)OP(=O)(O)OP(=O)(O)O)[C@@H](O)[C@H]1O. The summed E-state index contributed by atoms with van der Waals surface area (Å²) in [5, 5.41) is 23.9. The van der Waals surface area contributed by atoms with Crippen molar-refractivity contribution in [2.24, 2.45) is 5.73 Å². The normalized spacial score (nSPS) is 26.1. The van der Waals surface area contributed by atoms with E-state index < -0.39 is 54.6 Å². The van der Waals surface area contributed by atoms with Gasteiger partial charge in [0.1, 0.15) is 24.6 Å². The van der Waals surface area contributed by atoms with Crippen LogP contribution in [0.15, 0.2) is 12.7 Å². The number of nitrogens with one attached hydrogen (secondary N) is 1. The molecule has 3 rings (SSSR count). The van der Waals surface area contributed by atoms with E-state index in [1.165, 1.54) is 17.2 Å². The van der Waals surface area contributed by atoms with Gasteiger partial charge in [0.15, 0.2) is 23.2 Å². The van der Waals surface area contributed by atoms with Gasteiger partial charge in [0.05, 0.1) is 12.9 Å². The third-order valence-corrected chi connectivity index (χ3v) is 8.51. The first kappa shape index (κ1) is 29.2. The molecule has 0 aliphatic carbocycles. The number of hydrogen-bond acceptors (Lipinski definition) is 14. The number of phosphoric ester groups is 1. The Morgan fingerprint density at radius 1 is 1.03 bits per heavy atom. The van der Waals surface area contributed by atoms with Crippen LogP contribution < -0.4 is 11.1 Å². The van der Waals surface area contributed by atoms with Crippen molar-refractivity contribution in [1.29, 1.82) is 0 Å². The lowest BCUT2D eigenvalue weighted by Crippen LogP contribution is -2.33. The molecule has 2 aromatic heterocycles. The molecule has 0 amide bonds. The summed E-state index contributed by atoms with van der Waals surface area (Å²) >= 11 is 0. The molecule has 0 saturated carbocycles. The molecule has 2 aromatic rings. The molecule has 1 fully saturated rings. The van der Waals surface area contributed by atoms with Crippen LogP contribution in [0.3, 0.4) is 0 Å². The molecule has 9 N–H and O–H groups in total. The van der Waals surface area contributed by atoms with Crippen LogP contribution >= 0.6 is 23.5 Å². The van der Waals surface area contributed by atoms with Crippen LogP contribution in [0.25, 0.3) is 11.2 Å². The summed E-state index contributed by atoms with van der Waals surface area (Å²) in [6, 6.07) is 0. The van der Waals surface area contributed by atoms with Crippen molar-refractivity contribution < 1.29 is 61.4 Å². The number of imidazole rings is 1. The zero-order valence-corrected chi connectivity index (χ0v) is 20.9. The van der Waals surface area contributed by atoms with Crippen LogP contribution in [-0.4, -0.2) is 87.3 Å². The van der Waals surface area contributed by atoms with Gasteiger partial charge in [-0.25, -0.2) is 28.6 Å². The standard InChI is InChI=1S/C14H25N6O13P3/c15-3-1-2-4-16-12-9-13(18-6-17-12)20(7-19-9)14-11(22)10(21)8(31-14)5-30-35(26,27)33-36(28,29)32-34(23,24)25/h6-8,10-11,14,21-22H,1-5,15H2,(H,26,27)(H,28,29)(H,16,17,18)(H2,23,24,25)/t8-,10-,11-,14-/m1/s1. The Morgan fingerprint density at radius 3 is 2.42 bits per heavy atom. The lowest BCUT2D eigenvalue weighted by molar-refractivity contribution is -0.0503. The van der Waals surface area contributed by atoms with E-state index >= 15 is 0 Å². The number of ether oxygens (including phenoxy) is 1. The summed E-state index contributed by atoms with van der Waals surface area (Å²) in [4.78, 5) is 48.3. The van der Waals surface area contributed by atoms with Gasteiger partial charge >= 0.3 is 23.5 Å². The minimum Gasteiger partial charge on any atom is -0.387 e. The minimum atomic E-state index is -5.71. The number of nitrogens with two attached hydrogens (primary N) is 1. The van der Waals surface area contributed by atoms with Gasteiger partial charge < -0.3 is 45.6 Å². The van der Waals surface area contributed by atoms with Gasteiger partial charge in [-0.3, -0.25) is 9.09 Å². The molecule has 204 valence electrons. The Hall–Kier alpha value is -1.40. The average Bonchev–Trinajstić information content (AvgIpc) is 3.29. The third kappa shape index (κ3) is 7.56. The highest BCUT2D eigenvalue weighted by molar-refractivity contribution is 7.66. The molecule has 1 aliphatic heterocycles. The number of rotatable bonds is 13. The molecule has 0 radical (unpaired) electrons. The van der Waals surface area contributed by atoms with Gasteiger partial charge in [-0.05, 0) is 19.4 Å². The molecule has 3 heterocycles. The quantitative estimate of drug-likeness (QED) is 0.104. The predicted molar refractivity (Wildman–Crippen MR) is 118 cm³/mol. The zero-order chi connectivity index (χ0) is 26.7. The monoisotopic (exact) mass is 578 g/mol. The summed E-state index contributed by atoms with van der Waals surface area (Å²) in [7, 11) is -16.7. The number of aromatic nitrogens is 4. The van der Waals surface area contributed by atoms with E-state index in [0.717, 1.165) is 12.8 Å². The Morgan fingerprint density at radius 2 is 1.75 bits per heavy atom. The fraction of sp³-hybridized carbons (Fsp3) is 0.643. The molecule has 2 unspecified atom stereocenters. The summed E-state index contributed by atoms with van der Waals surface area (Å²) < 4.78 is 52.5. The van der Waals surface area contributed by atoms with E-state index in [4.69, 9.17) is 20.3 Å². The van der Waals surface area contributed by atoms with Crippen LogP contribution in [0.4, 0.5) is 5.82 Å². The molecule has 0 aromatic carbocycles. The van der Waals surface area contributed by atoms with Crippen molar-refractivity contribution in [3.05, 3.63) is 12.7 Å². The molecule has 6 atom stereocenters. The second kappa shape index (κ2) is 11.6. The molecule has 0 spiro atoms. The minimum absolute atomic E-state index is 0.233. The highest BCUT2D eigenvalue weighted by Gasteiger charge is 2.47. The van der Waals surface area contributed by atoms with Gasteiger partial charge in [0, 0.05) is 6.54 Å². The average molecular weight is 578 g/mol. The van der Waals surface area contributed by atoms with Gasteiger partial charge in [-0.1, -0.05) is 0 Å². The second-order valence-electron chi connectivity index (χ2n) is 7.40. The number of anilines is 1. The van der Waals surface area contributed by atoms with Gasteiger partial charge in [-0.2, -0.15) is 8.62 Å². The predicted octanol–water partition coefficient (Wildman–Crippen LogP) is -1.06. The Bertz CT molecular complexity index is 1190. The van der Waals surface area contributed by atoms with E-state index in [1.54, 1.807) is 0 Å². The smallest absolute Gasteiger partial charge is 0.387 e. The molecular weight excluding hydrogens is 553 g/mol. The van der Waals surface area contributed by atoms with Crippen LogP contribution in [0.1, 0.15) is 19.1 Å². The molecule has 19 nitrogen and oxygen atoms in total. The van der Waals surface area contributed by atoms with Crippen LogP contribution in [0.5, 0.6) is 0 Å². The molecule has 1 saturated heterocycles. The number of unbranched alkanes of at least 4 members (excludes halogenated alkanes) is 1. The van der Waals surface area contributed by atoms with E-state index in [1.807, 2.05) is 0 Å². The van der Waals surface area contributed by atoms with Crippen molar-refractivity contribution in [1.82, 2.24) is 19.5 Å². The van der Waals surface area contributed by atoms with Crippen LogP contribution in [0, 0.1) is 0 Å². The van der Waals surface area contributed by atoms with Crippen LogP contribution in [-0.2, 0) is 31.6 Å². The maximum absolute atomic E-state index is 11.9. The molecule has 0 bridgehead atoms. The number of hydrogen-bond donors (Lipinski definition) is 8. The highest BCUT2D eigenvalue weighted by Crippen LogP contribution is 2.66. The Balaban J connectivity index is 1.68. The summed E-state index contributed by atoms with van der Waals surface area (Å²) in [5.41, 5.74) is 6.04. The van der Waals surface area contributed by atoms with Gasteiger partial charge in [0.2, 0.25) is 0 Å². The molecular formula is C14H25N6O13P3. The zero-order valence-electron chi connectivity index (χ0n) is 18.2. The van der Waals surface area contributed by atoms with E-state index in [2.05, 4.69) is 33.4 Å². The van der Waals surface area contributed by atoms with E-state index in [-0.39, 0.29) is 5.65 Å². The van der Waals surface area contributed by atoms with Crippen LogP contribution in [0.2, 0.25) is 0 Å². The number of aliphatic hydroxyl groups is 2. The first-order valence-corrected chi connectivity index (χ1v) is 14.7. The Labute approximate surface area is 202 Å². The number of fused-ring (bicyclic) bond motifs is 1. The second-order valence-corrected chi connectivity index (χ2v) is 11.8. The summed E-state index contributed by atoms with van der Waals surface area (Å²) in [5.74, 6) is 0.410. The van der Waals surface area contributed by atoms with Crippen molar-refractivity contribution in [2.75, 3.05) is 25.0 Å². The summed E-state index contributed by atoms with van der Waals surface area (Å²) in [6.07, 6.45) is -1.88. The van der Waals surface area contributed by atoms with Crippen molar-refractivity contribution in [3.8, 4) is 0 Å². The number of nitrogens with zero attached hydrogens (tertiary/aromatic N) is 4. The van der Waals surface area contributed by atoms with E-state index in [0.29, 0.717) is 24.4 Å². The number of phosphoric acid groups is 3. The fourth-order valence-electron chi connectivity index (χ4n) is 3.21. The first-order chi connectivity index (χ1) is 16.7. The molecule has 22 heteroatoms. The third-order valence-electron chi connectivity index (χ3n) is 4.71. The maximum Gasteiger partial charge on any atom is 0.490 e. The molecule has 36 heavy (non-hydrogen) atoms. The molecule has 1 aliphatic rings. The summed E-state index contributed by atoms with van der Waals surface area (Å²) in [6.45, 7) is 0.159. The largest absolute Gasteiger partial charge is 0.490 e. The van der Waals surface area contributed by atoms with Crippen molar-refractivity contribution >= 4 is 40.4 Å². The van der Waals surface area contributed by atoms with Crippen molar-refractivity contribution in [3.63, 3.8) is 0 Å². The maximum atomic E-state index is 11.9. The van der Waals surface area contributed by atoms with Crippen molar-refractivity contribution in [2.45, 2.75) is 37.4 Å².